The number of pyridine rings is 1. The fourth-order valence-corrected chi connectivity index (χ4v) is 3.44. The molecule has 0 aliphatic rings. The molecule has 5 nitrogen and oxygen atoms in total. The fourth-order valence-electron chi connectivity index (χ4n) is 3.44. The van der Waals surface area contributed by atoms with Crippen molar-refractivity contribution in [2.75, 3.05) is 17.7 Å². The number of nitrogen functional groups attached to an aromatic ring is 1. The van der Waals surface area contributed by atoms with Gasteiger partial charge in [0.1, 0.15) is 11.6 Å². The number of halogens is 1. The van der Waals surface area contributed by atoms with Gasteiger partial charge in [-0.15, -0.1) is 0 Å². The van der Waals surface area contributed by atoms with Gasteiger partial charge in [0.05, 0.1) is 5.69 Å². The highest BCUT2D eigenvalue weighted by Gasteiger charge is 2.17. The van der Waals surface area contributed by atoms with Crippen LogP contribution in [0.5, 0.6) is 0 Å². The third-order valence-corrected chi connectivity index (χ3v) is 5.41. The van der Waals surface area contributed by atoms with Crippen molar-refractivity contribution in [2.24, 2.45) is 0 Å². The normalized spacial score (nSPS) is 10.7. The molecule has 0 unspecified atom stereocenters. The van der Waals surface area contributed by atoms with Crippen LogP contribution in [0.25, 0.3) is 11.1 Å². The lowest BCUT2D eigenvalue weighted by atomic mass is 9.96. The Labute approximate surface area is 181 Å². The standard InChI is InChI=1S/C25H26FN3O2/c1-4-24(31)29(3)21-12-11-20(16(2)25(21)26)18-7-9-19(10-8-18)22(30)13-5-17-6-14-23(27)28-15-17/h6-12,14-15H,4-5,13H2,1-3H3,(H2,27,28). The van der Waals surface area contributed by atoms with E-state index in [-0.39, 0.29) is 17.4 Å². The Morgan fingerprint density at radius 1 is 1.06 bits per heavy atom. The van der Waals surface area contributed by atoms with E-state index in [0.29, 0.717) is 36.2 Å². The van der Waals surface area contributed by atoms with Gasteiger partial charge in [0.25, 0.3) is 0 Å². The van der Waals surface area contributed by atoms with Crippen LogP contribution in [0.1, 0.15) is 41.3 Å². The Morgan fingerprint density at radius 2 is 1.77 bits per heavy atom. The van der Waals surface area contributed by atoms with Crippen molar-refractivity contribution < 1.29 is 14.0 Å². The fraction of sp³-hybridized carbons (Fsp3) is 0.240. The number of carbonyl (C=O) groups excluding carboxylic acids is 2. The zero-order valence-electron chi connectivity index (χ0n) is 18.0. The summed E-state index contributed by atoms with van der Waals surface area (Å²) >= 11 is 0. The van der Waals surface area contributed by atoms with Gasteiger partial charge in [-0.2, -0.15) is 0 Å². The molecule has 3 aromatic rings. The lowest BCUT2D eigenvalue weighted by Crippen LogP contribution is -2.26. The molecule has 3 rings (SSSR count). The quantitative estimate of drug-likeness (QED) is 0.549. The number of benzene rings is 2. The van der Waals surface area contributed by atoms with Crippen LogP contribution in [-0.4, -0.2) is 23.7 Å². The Morgan fingerprint density at radius 3 is 2.39 bits per heavy atom. The van der Waals surface area contributed by atoms with Crippen LogP contribution in [0.4, 0.5) is 15.9 Å². The number of ketones is 1. The maximum Gasteiger partial charge on any atom is 0.226 e. The highest BCUT2D eigenvalue weighted by Crippen LogP contribution is 2.31. The minimum atomic E-state index is -0.418. The van der Waals surface area contributed by atoms with Crippen LogP contribution in [0.15, 0.2) is 54.7 Å². The van der Waals surface area contributed by atoms with Crippen LogP contribution in [-0.2, 0) is 11.2 Å². The van der Waals surface area contributed by atoms with Gasteiger partial charge >= 0.3 is 0 Å². The van der Waals surface area contributed by atoms with Crippen LogP contribution in [0.2, 0.25) is 0 Å². The molecule has 2 N–H and O–H groups in total. The predicted molar refractivity (Wildman–Crippen MR) is 122 cm³/mol. The third kappa shape index (κ3) is 4.97. The van der Waals surface area contributed by atoms with Crippen LogP contribution in [0.3, 0.4) is 0 Å². The van der Waals surface area contributed by atoms with E-state index in [0.717, 1.165) is 16.7 Å². The Kier molecular flexibility index (Phi) is 6.80. The molecule has 31 heavy (non-hydrogen) atoms. The first-order valence-electron chi connectivity index (χ1n) is 10.2. The molecule has 0 spiro atoms. The Bertz CT molecular complexity index is 1090. The molecule has 0 saturated carbocycles. The largest absolute Gasteiger partial charge is 0.384 e. The topological polar surface area (TPSA) is 76.3 Å². The number of aryl methyl sites for hydroxylation is 1. The number of nitrogens with two attached hydrogens (primary N) is 1. The molecule has 160 valence electrons. The van der Waals surface area contributed by atoms with Gasteiger partial charge in [0, 0.05) is 31.6 Å². The molecule has 0 aliphatic carbocycles. The summed E-state index contributed by atoms with van der Waals surface area (Å²) < 4.78 is 14.9. The first kappa shape index (κ1) is 22.2. The molecule has 0 fully saturated rings. The molecule has 0 saturated heterocycles. The summed E-state index contributed by atoms with van der Waals surface area (Å²) in [6, 6.07) is 14.2. The highest BCUT2D eigenvalue weighted by molar-refractivity contribution is 5.97. The minimum absolute atomic E-state index is 0.0290. The molecule has 6 heteroatoms. The van der Waals surface area contributed by atoms with E-state index in [9.17, 15) is 14.0 Å². The van der Waals surface area contributed by atoms with Crippen molar-refractivity contribution in [1.82, 2.24) is 4.98 Å². The number of amides is 1. The predicted octanol–water partition coefficient (Wildman–Crippen LogP) is 4.97. The molecule has 1 aromatic heterocycles. The number of hydrogen-bond acceptors (Lipinski definition) is 4. The molecule has 2 aromatic carbocycles. The molecular formula is C25H26FN3O2. The Hall–Kier alpha value is -3.54. The molecule has 0 bridgehead atoms. The number of hydrogen-bond donors (Lipinski definition) is 1. The van der Waals surface area contributed by atoms with E-state index < -0.39 is 5.82 Å². The van der Waals surface area contributed by atoms with E-state index in [2.05, 4.69) is 4.98 Å². The zero-order valence-corrected chi connectivity index (χ0v) is 18.0. The third-order valence-electron chi connectivity index (χ3n) is 5.41. The summed E-state index contributed by atoms with van der Waals surface area (Å²) in [4.78, 5) is 29.8. The van der Waals surface area contributed by atoms with E-state index in [1.165, 1.54) is 4.90 Å². The van der Waals surface area contributed by atoms with Gasteiger partial charge in [0.15, 0.2) is 5.78 Å². The number of rotatable bonds is 7. The monoisotopic (exact) mass is 419 g/mol. The van der Waals surface area contributed by atoms with Gasteiger partial charge < -0.3 is 10.6 Å². The maximum atomic E-state index is 14.9. The Balaban J connectivity index is 1.74. The average molecular weight is 420 g/mol. The molecule has 0 atom stereocenters. The summed E-state index contributed by atoms with van der Waals surface area (Å²) in [5.74, 6) is -0.0851. The highest BCUT2D eigenvalue weighted by atomic mass is 19.1. The van der Waals surface area contributed by atoms with Crippen molar-refractivity contribution in [3.8, 4) is 11.1 Å². The summed E-state index contributed by atoms with van der Waals surface area (Å²) in [6.07, 6.45) is 2.94. The van der Waals surface area contributed by atoms with Gasteiger partial charge in [-0.1, -0.05) is 43.3 Å². The van der Waals surface area contributed by atoms with Crippen LogP contribution in [0, 0.1) is 12.7 Å². The van der Waals surface area contributed by atoms with E-state index in [1.54, 1.807) is 57.4 Å². The van der Waals surface area contributed by atoms with Gasteiger partial charge in [-0.25, -0.2) is 9.37 Å². The number of carbonyl (C=O) groups is 2. The van der Waals surface area contributed by atoms with Gasteiger partial charge in [-0.3, -0.25) is 9.59 Å². The van der Waals surface area contributed by atoms with E-state index >= 15 is 0 Å². The first-order chi connectivity index (χ1) is 14.8. The summed E-state index contributed by atoms with van der Waals surface area (Å²) in [5, 5.41) is 0. The van der Waals surface area contributed by atoms with Gasteiger partial charge in [-0.05, 0) is 47.7 Å². The number of Topliss-reactive ketones (excluding diaryl/α,β-unsaturated/α-hetero) is 1. The average Bonchev–Trinajstić information content (AvgIpc) is 2.79. The number of nitrogens with zero attached hydrogens (tertiary/aromatic N) is 2. The minimum Gasteiger partial charge on any atom is -0.384 e. The van der Waals surface area contributed by atoms with Crippen molar-refractivity contribution in [3.63, 3.8) is 0 Å². The zero-order chi connectivity index (χ0) is 22.5. The summed E-state index contributed by atoms with van der Waals surface area (Å²) in [6.45, 7) is 3.44. The SMILES string of the molecule is CCC(=O)N(C)c1ccc(-c2ccc(C(=O)CCc3ccc(N)nc3)cc2)c(C)c1F. The molecular weight excluding hydrogens is 393 g/mol. The van der Waals surface area contributed by atoms with Crippen molar-refractivity contribution in [3.05, 3.63) is 77.2 Å². The molecule has 1 heterocycles. The van der Waals surface area contributed by atoms with E-state index in [1.807, 2.05) is 18.2 Å². The second-order valence-electron chi connectivity index (χ2n) is 7.47. The maximum absolute atomic E-state index is 14.9. The van der Waals surface area contributed by atoms with Crippen LogP contribution < -0.4 is 10.6 Å². The van der Waals surface area contributed by atoms with Crippen LogP contribution >= 0.6 is 0 Å². The number of anilines is 2. The molecule has 1 amide bonds. The lowest BCUT2D eigenvalue weighted by molar-refractivity contribution is -0.118. The molecule has 0 aliphatic heterocycles. The summed E-state index contributed by atoms with van der Waals surface area (Å²) in [7, 11) is 1.57. The van der Waals surface area contributed by atoms with Gasteiger partial charge in [0.2, 0.25) is 5.91 Å². The second kappa shape index (κ2) is 9.51. The van der Waals surface area contributed by atoms with E-state index in [4.69, 9.17) is 5.73 Å². The molecule has 0 radical (unpaired) electrons. The number of aromatic nitrogens is 1. The lowest BCUT2D eigenvalue weighted by Gasteiger charge is -2.19. The van der Waals surface area contributed by atoms with Crippen molar-refractivity contribution >= 4 is 23.2 Å². The smallest absolute Gasteiger partial charge is 0.226 e. The first-order valence-corrected chi connectivity index (χ1v) is 10.2. The second-order valence-corrected chi connectivity index (χ2v) is 7.47. The summed E-state index contributed by atoms with van der Waals surface area (Å²) in [5.41, 5.74) is 9.40. The van der Waals surface area contributed by atoms with Crippen molar-refractivity contribution in [1.29, 1.82) is 0 Å². The van der Waals surface area contributed by atoms with Crippen molar-refractivity contribution in [2.45, 2.75) is 33.1 Å².